The maximum absolute atomic E-state index is 12.3. The van der Waals surface area contributed by atoms with E-state index >= 15 is 0 Å². The molecule has 1 saturated heterocycles. The number of hydrogen-bond donors (Lipinski definition) is 1. The zero-order valence-electron chi connectivity index (χ0n) is 14.4. The van der Waals surface area contributed by atoms with Gasteiger partial charge in [0, 0.05) is 19.0 Å². The summed E-state index contributed by atoms with van der Waals surface area (Å²) < 4.78 is 5.42. The molecule has 1 saturated carbocycles. The van der Waals surface area contributed by atoms with E-state index in [0.29, 0.717) is 5.89 Å². The molecule has 2 atom stereocenters. The summed E-state index contributed by atoms with van der Waals surface area (Å²) in [5, 5.41) is 7.17. The van der Waals surface area contributed by atoms with Crippen molar-refractivity contribution in [2.24, 2.45) is 11.8 Å². The van der Waals surface area contributed by atoms with Crippen LogP contribution < -0.4 is 5.32 Å². The lowest BCUT2D eigenvalue weighted by Crippen LogP contribution is -2.44. The van der Waals surface area contributed by atoms with Gasteiger partial charge in [-0.25, -0.2) is 0 Å². The number of rotatable bonds is 6. The minimum atomic E-state index is 0.0639. The molecule has 1 aromatic heterocycles. The number of aromatic nitrogens is 2. The standard InChI is InChI=1S/C17H28N4O2/c1-11(2)15-19-17(23-20-15)12(3)21-8-4-5-14(10-21)16(22)18-9-13-6-7-13/h11-14H,4-10H2,1-3H3,(H,18,22)/t12-,14+/m0/s1. The summed E-state index contributed by atoms with van der Waals surface area (Å²) in [6, 6.07) is 0.0639. The molecule has 1 aliphatic carbocycles. The topological polar surface area (TPSA) is 71.3 Å². The summed E-state index contributed by atoms with van der Waals surface area (Å²) in [6.45, 7) is 8.80. The van der Waals surface area contributed by atoms with Crippen LogP contribution >= 0.6 is 0 Å². The third-order valence-electron chi connectivity index (χ3n) is 4.96. The molecule has 6 nitrogen and oxygen atoms in total. The smallest absolute Gasteiger partial charge is 0.243 e. The molecule has 6 heteroatoms. The second-order valence-electron chi connectivity index (χ2n) is 7.34. The van der Waals surface area contributed by atoms with Gasteiger partial charge in [0.2, 0.25) is 11.8 Å². The van der Waals surface area contributed by atoms with Crippen molar-refractivity contribution < 1.29 is 9.32 Å². The SMILES string of the molecule is CC(C)c1noc([C@H](C)N2CCC[C@@H](C(=O)NCC3CC3)C2)n1. The Morgan fingerprint density at radius 3 is 2.78 bits per heavy atom. The first-order chi connectivity index (χ1) is 11.0. The molecule has 1 aliphatic heterocycles. The molecule has 1 amide bonds. The Hall–Kier alpha value is -1.43. The van der Waals surface area contributed by atoms with Crippen molar-refractivity contribution in [2.45, 2.75) is 58.4 Å². The van der Waals surface area contributed by atoms with E-state index in [4.69, 9.17) is 4.52 Å². The van der Waals surface area contributed by atoms with Crippen LogP contribution in [-0.2, 0) is 4.79 Å². The Kier molecular flexibility index (Phi) is 4.99. The van der Waals surface area contributed by atoms with Crippen molar-refractivity contribution in [2.75, 3.05) is 19.6 Å². The number of piperidine rings is 1. The van der Waals surface area contributed by atoms with E-state index in [1.807, 2.05) is 0 Å². The molecular formula is C17H28N4O2. The van der Waals surface area contributed by atoms with Crippen LogP contribution in [-0.4, -0.2) is 40.6 Å². The van der Waals surface area contributed by atoms with E-state index in [-0.39, 0.29) is 23.8 Å². The van der Waals surface area contributed by atoms with E-state index in [1.165, 1.54) is 12.8 Å². The molecule has 0 bridgehead atoms. The highest BCUT2D eigenvalue weighted by molar-refractivity contribution is 5.79. The molecule has 2 heterocycles. The van der Waals surface area contributed by atoms with Gasteiger partial charge in [0.05, 0.1) is 12.0 Å². The van der Waals surface area contributed by atoms with Crippen LogP contribution in [0.25, 0.3) is 0 Å². The van der Waals surface area contributed by atoms with Gasteiger partial charge >= 0.3 is 0 Å². The van der Waals surface area contributed by atoms with Crippen LogP contribution in [0.15, 0.2) is 4.52 Å². The first-order valence-electron chi connectivity index (χ1n) is 8.90. The molecule has 0 spiro atoms. The molecule has 128 valence electrons. The van der Waals surface area contributed by atoms with Crippen molar-refractivity contribution >= 4 is 5.91 Å². The fraction of sp³-hybridized carbons (Fsp3) is 0.824. The predicted molar refractivity (Wildman–Crippen MR) is 86.8 cm³/mol. The Labute approximate surface area is 138 Å². The first-order valence-corrected chi connectivity index (χ1v) is 8.90. The number of hydrogen-bond acceptors (Lipinski definition) is 5. The van der Waals surface area contributed by atoms with Crippen molar-refractivity contribution in [3.05, 3.63) is 11.7 Å². The third-order valence-corrected chi connectivity index (χ3v) is 4.96. The number of carbonyl (C=O) groups excluding carboxylic acids is 1. The molecule has 2 aliphatic rings. The van der Waals surface area contributed by atoms with Crippen LogP contribution in [0.5, 0.6) is 0 Å². The molecule has 1 aromatic rings. The summed E-state index contributed by atoms with van der Waals surface area (Å²) >= 11 is 0. The Bertz CT molecular complexity index is 538. The lowest BCUT2D eigenvalue weighted by Gasteiger charge is -2.34. The highest BCUT2D eigenvalue weighted by Gasteiger charge is 2.31. The van der Waals surface area contributed by atoms with Gasteiger partial charge in [0.15, 0.2) is 5.82 Å². The summed E-state index contributed by atoms with van der Waals surface area (Å²) in [5.74, 6) is 2.70. The zero-order chi connectivity index (χ0) is 16.4. The van der Waals surface area contributed by atoms with E-state index in [0.717, 1.165) is 44.2 Å². The monoisotopic (exact) mass is 320 g/mol. The normalized spacial score (nSPS) is 23.9. The molecule has 0 unspecified atom stereocenters. The Balaban J connectivity index is 1.56. The molecule has 0 radical (unpaired) electrons. The molecule has 1 N–H and O–H groups in total. The second-order valence-corrected chi connectivity index (χ2v) is 7.34. The fourth-order valence-corrected chi connectivity index (χ4v) is 3.09. The van der Waals surface area contributed by atoms with Gasteiger partial charge in [0.25, 0.3) is 0 Å². The van der Waals surface area contributed by atoms with E-state index in [2.05, 4.69) is 41.1 Å². The largest absolute Gasteiger partial charge is 0.356 e. The van der Waals surface area contributed by atoms with Gasteiger partial charge in [-0.1, -0.05) is 19.0 Å². The van der Waals surface area contributed by atoms with Gasteiger partial charge < -0.3 is 9.84 Å². The van der Waals surface area contributed by atoms with Crippen molar-refractivity contribution in [3.8, 4) is 0 Å². The Morgan fingerprint density at radius 2 is 2.13 bits per heavy atom. The van der Waals surface area contributed by atoms with Gasteiger partial charge in [0.1, 0.15) is 0 Å². The molecule has 0 aromatic carbocycles. The number of nitrogens with zero attached hydrogens (tertiary/aromatic N) is 3. The average molecular weight is 320 g/mol. The van der Waals surface area contributed by atoms with Crippen LogP contribution in [0.4, 0.5) is 0 Å². The van der Waals surface area contributed by atoms with Crippen molar-refractivity contribution in [3.63, 3.8) is 0 Å². The second kappa shape index (κ2) is 6.99. The van der Waals surface area contributed by atoms with Crippen LogP contribution in [0.3, 0.4) is 0 Å². The van der Waals surface area contributed by atoms with E-state index < -0.39 is 0 Å². The lowest BCUT2D eigenvalue weighted by atomic mass is 9.96. The molecular weight excluding hydrogens is 292 g/mol. The van der Waals surface area contributed by atoms with E-state index in [9.17, 15) is 4.79 Å². The molecule has 23 heavy (non-hydrogen) atoms. The van der Waals surface area contributed by atoms with Crippen LogP contribution in [0, 0.1) is 11.8 Å². The number of likely N-dealkylation sites (tertiary alicyclic amines) is 1. The highest BCUT2D eigenvalue weighted by atomic mass is 16.5. The van der Waals surface area contributed by atoms with Gasteiger partial charge in [-0.15, -0.1) is 0 Å². The zero-order valence-corrected chi connectivity index (χ0v) is 14.4. The molecule has 2 fully saturated rings. The molecule has 3 rings (SSSR count). The number of nitrogens with one attached hydrogen (secondary N) is 1. The van der Waals surface area contributed by atoms with Crippen LogP contribution in [0.1, 0.15) is 70.1 Å². The van der Waals surface area contributed by atoms with Crippen molar-refractivity contribution in [1.29, 1.82) is 0 Å². The van der Waals surface area contributed by atoms with Gasteiger partial charge in [-0.2, -0.15) is 4.98 Å². The predicted octanol–water partition coefficient (Wildman–Crippen LogP) is 2.49. The van der Waals surface area contributed by atoms with Crippen molar-refractivity contribution in [1.82, 2.24) is 20.4 Å². The van der Waals surface area contributed by atoms with Crippen LogP contribution in [0.2, 0.25) is 0 Å². The first kappa shape index (κ1) is 16.4. The summed E-state index contributed by atoms with van der Waals surface area (Å²) in [4.78, 5) is 19.1. The maximum atomic E-state index is 12.3. The number of amides is 1. The number of carbonyl (C=O) groups is 1. The fourth-order valence-electron chi connectivity index (χ4n) is 3.09. The summed E-state index contributed by atoms with van der Waals surface area (Å²) in [6.07, 6.45) is 4.55. The lowest BCUT2D eigenvalue weighted by molar-refractivity contribution is -0.127. The van der Waals surface area contributed by atoms with E-state index in [1.54, 1.807) is 0 Å². The summed E-state index contributed by atoms with van der Waals surface area (Å²) in [7, 11) is 0. The van der Waals surface area contributed by atoms with Gasteiger partial charge in [-0.3, -0.25) is 9.69 Å². The third kappa shape index (κ3) is 4.10. The summed E-state index contributed by atoms with van der Waals surface area (Å²) in [5.41, 5.74) is 0. The average Bonchev–Trinajstić information content (AvgIpc) is 3.25. The quantitative estimate of drug-likeness (QED) is 0.872. The van der Waals surface area contributed by atoms with Gasteiger partial charge in [-0.05, 0) is 45.1 Å². The maximum Gasteiger partial charge on any atom is 0.243 e. The Morgan fingerprint density at radius 1 is 1.35 bits per heavy atom. The minimum absolute atomic E-state index is 0.0639. The highest BCUT2D eigenvalue weighted by Crippen LogP contribution is 2.29. The minimum Gasteiger partial charge on any atom is -0.356 e.